The molecule has 4 rings (SSSR count). The molecule has 3 aromatic rings. The van der Waals surface area contributed by atoms with E-state index in [0.29, 0.717) is 77.6 Å². The summed E-state index contributed by atoms with van der Waals surface area (Å²) in [5, 5.41) is 22.1. The van der Waals surface area contributed by atoms with E-state index in [-0.39, 0.29) is 17.7 Å². The molecule has 1 aliphatic heterocycles. The number of halogens is 4. The molecule has 1 fully saturated rings. The van der Waals surface area contributed by atoms with E-state index in [9.17, 15) is 28.2 Å². The third-order valence-corrected chi connectivity index (χ3v) is 8.55. The molecule has 0 amide bonds. The van der Waals surface area contributed by atoms with Crippen LogP contribution in [0.4, 0.5) is 13.2 Å². The smallest absolute Gasteiger partial charge is 0.309 e. The number of benzene rings is 2. The van der Waals surface area contributed by atoms with Crippen LogP contribution in [-0.2, 0) is 4.79 Å². The standard InChI is InChI=1S/C27H28ClF3N2O4S/c1-37-17-2-3-22-18(14-17)24(19(28)15-32-22)23(34)4-5-27(26(35)36)6-8-33(9-7-27)10-11-38-25-20(30)12-16(29)13-21(25)31/h2-3,12-15,23,34H,4-11H2,1H3,(H,35,36)/t23-/m0/s1. The number of fused-ring (bicyclic) bond motifs is 1. The summed E-state index contributed by atoms with van der Waals surface area (Å²) in [6, 6.07) is 6.59. The molecule has 2 aromatic carbocycles. The van der Waals surface area contributed by atoms with E-state index >= 15 is 0 Å². The number of pyridine rings is 1. The highest BCUT2D eigenvalue weighted by molar-refractivity contribution is 7.99. The monoisotopic (exact) mass is 568 g/mol. The minimum Gasteiger partial charge on any atom is -0.497 e. The second-order valence-electron chi connectivity index (χ2n) is 9.43. The minimum atomic E-state index is -1.01. The Balaban J connectivity index is 1.37. The largest absolute Gasteiger partial charge is 0.497 e. The number of ether oxygens (including phenoxy) is 1. The molecule has 0 spiro atoms. The third-order valence-electron chi connectivity index (χ3n) is 7.18. The van der Waals surface area contributed by atoms with Gasteiger partial charge in [0.1, 0.15) is 23.2 Å². The lowest BCUT2D eigenvalue weighted by Gasteiger charge is -2.39. The molecule has 1 aliphatic rings. The van der Waals surface area contributed by atoms with Crippen LogP contribution < -0.4 is 4.74 Å². The van der Waals surface area contributed by atoms with Gasteiger partial charge in [0, 0.05) is 41.6 Å². The maximum Gasteiger partial charge on any atom is 0.309 e. The molecule has 0 aliphatic carbocycles. The van der Waals surface area contributed by atoms with Gasteiger partial charge in [-0.05, 0) is 57.0 Å². The van der Waals surface area contributed by atoms with Crippen molar-refractivity contribution in [3.63, 3.8) is 0 Å². The van der Waals surface area contributed by atoms with E-state index in [2.05, 4.69) is 4.98 Å². The molecule has 1 atom stereocenters. The van der Waals surface area contributed by atoms with Crippen LogP contribution in [0.2, 0.25) is 5.02 Å². The van der Waals surface area contributed by atoms with Crippen LogP contribution in [0.25, 0.3) is 10.9 Å². The predicted molar refractivity (Wildman–Crippen MR) is 140 cm³/mol. The minimum absolute atomic E-state index is 0.196. The number of piperidine rings is 1. The number of carboxylic acids is 1. The summed E-state index contributed by atoms with van der Waals surface area (Å²) in [5.41, 5.74) is 0.127. The lowest BCUT2D eigenvalue weighted by Crippen LogP contribution is -2.45. The Morgan fingerprint density at radius 1 is 1.21 bits per heavy atom. The highest BCUT2D eigenvalue weighted by Crippen LogP contribution is 2.41. The SMILES string of the molecule is COc1ccc2ncc(Cl)c([C@@H](O)CCC3(C(=O)O)CCN(CCSc4c(F)cc(F)cc4F)CC3)c2c1. The van der Waals surface area contributed by atoms with Gasteiger partial charge in [-0.25, -0.2) is 13.2 Å². The second kappa shape index (κ2) is 12.1. The van der Waals surface area contributed by atoms with Gasteiger partial charge in [0.05, 0.1) is 34.1 Å². The normalized spacial score (nSPS) is 16.5. The molecule has 2 N–H and O–H groups in total. The van der Waals surface area contributed by atoms with Crippen molar-refractivity contribution in [2.45, 2.75) is 36.7 Å². The maximum atomic E-state index is 13.9. The Kier molecular flexibility index (Phi) is 9.07. The van der Waals surface area contributed by atoms with Gasteiger partial charge in [-0.2, -0.15) is 0 Å². The van der Waals surface area contributed by atoms with E-state index in [1.54, 1.807) is 18.2 Å². The van der Waals surface area contributed by atoms with Crippen LogP contribution in [-0.4, -0.2) is 58.6 Å². The van der Waals surface area contributed by atoms with Crippen molar-refractivity contribution in [1.82, 2.24) is 9.88 Å². The fourth-order valence-electron chi connectivity index (χ4n) is 4.91. The van der Waals surface area contributed by atoms with Gasteiger partial charge in [-0.15, -0.1) is 11.8 Å². The molecule has 204 valence electrons. The Bertz CT molecular complexity index is 1300. The van der Waals surface area contributed by atoms with Crippen molar-refractivity contribution in [2.24, 2.45) is 5.41 Å². The summed E-state index contributed by atoms with van der Waals surface area (Å²) >= 11 is 7.36. The molecule has 6 nitrogen and oxygen atoms in total. The fraction of sp³-hybridized carbons (Fsp3) is 0.407. The van der Waals surface area contributed by atoms with Gasteiger partial charge in [0.15, 0.2) is 0 Å². The molecule has 0 saturated carbocycles. The lowest BCUT2D eigenvalue weighted by atomic mass is 9.74. The molecule has 2 heterocycles. The van der Waals surface area contributed by atoms with Gasteiger partial charge in [0.2, 0.25) is 0 Å². The number of rotatable bonds is 10. The molecular weight excluding hydrogens is 541 g/mol. The average molecular weight is 569 g/mol. The topological polar surface area (TPSA) is 82.9 Å². The van der Waals surface area contributed by atoms with Crippen molar-refractivity contribution >= 4 is 40.2 Å². The first-order valence-electron chi connectivity index (χ1n) is 12.2. The highest BCUT2D eigenvalue weighted by atomic mass is 35.5. The molecule has 0 radical (unpaired) electrons. The van der Waals surface area contributed by atoms with E-state index in [0.717, 1.165) is 11.8 Å². The number of carbonyl (C=O) groups is 1. The van der Waals surface area contributed by atoms with Gasteiger partial charge in [-0.1, -0.05) is 11.6 Å². The molecule has 0 bridgehead atoms. The number of aliphatic carboxylic acids is 1. The number of hydrogen-bond acceptors (Lipinski definition) is 6. The molecule has 11 heteroatoms. The van der Waals surface area contributed by atoms with Crippen LogP contribution in [0, 0.1) is 22.9 Å². The van der Waals surface area contributed by atoms with Crippen LogP contribution in [0.1, 0.15) is 37.4 Å². The van der Waals surface area contributed by atoms with Crippen LogP contribution in [0.5, 0.6) is 5.75 Å². The van der Waals surface area contributed by atoms with Crippen molar-refractivity contribution < 1.29 is 32.9 Å². The first-order chi connectivity index (χ1) is 18.1. The second-order valence-corrected chi connectivity index (χ2v) is 10.9. The number of aliphatic hydroxyl groups is 1. The Morgan fingerprint density at radius 3 is 2.53 bits per heavy atom. The molecule has 38 heavy (non-hydrogen) atoms. The number of aliphatic hydroxyl groups excluding tert-OH is 1. The zero-order valence-corrected chi connectivity index (χ0v) is 22.3. The number of methoxy groups -OCH3 is 1. The summed E-state index contributed by atoms with van der Waals surface area (Å²) in [5.74, 6) is -2.79. The highest BCUT2D eigenvalue weighted by Gasteiger charge is 2.41. The maximum absolute atomic E-state index is 13.9. The summed E-state index contributed by atoms with van der Waals surface area (Å²) in [6.07, 6.45) is 1.67. The van der Waals surface area contributed by atoms with E-state index in [1.165, 1.54) is 13.3 Å². The predicted octanol–water partition coefficient (Wildman–Crippen LogP) is 6.09. The number of hydrogen-bond donors (Lipinski definition) is 2. The molecule has 1 aromatic heterocycles. The number of nitrogens with zero attached hydrogens (tertiary/aromatic N) is 2. The zero-order valence-electron chi connectivity index (χ0n) is 20.7. The van der Waals surface area contributed by atoms with Crippen molar-refractivity contribution in [2.75, 3.05) is 32.5 Å². The number of carboxylic acid groups (broad SMARTS) is 1. The van der Waals surface area contributed by atoms with Crippen molar-refractivity contribution in [3.05, 3.63) is 64.6 Å². The Hall–Kier alpha value is -2.53. The van der Waals surface area contributed by atoms with Gasteiger partial charge in [-0.3, -0.25) is 9.78 Å². The first-order valence-corrected chi connectivity index (χ1v) is 13.5. The third kappa shape index (κ3) is 6.20. The van der Waals surface area contributed by atoms with E-state index < -0.39 is 34.9 Å². The number of likely N-dealkylation sites (tertiary alicyclic amines) is 1. The summed E-state index contributed by atoms with van der Waals surface area (Å²) < 4.78 is 46.1. The van der Waals surface area contributed by atoms with Crippen molar-refractivity contribution in [3.8, 4) is 5.75 Å². The quantitative estimate of drug-likeness (QED) is 0.287. The summed E-state index contributed by atoms with van der Waals surface area (Å²) in [6.45, 7) is 1.49. The van der Waals surface area contributed by atoms with Crippen molar-refractivity contribution in [1.29, 1.82) is 0 Å². The lowest BCUT2D eigenvalue weighted by molar-refractivity contribution is -0.153. The van der Waals surface area contributed by atoms with Crippen LogP contribution in [0.3, 0.4) is 0 Å². The van der Waals surface area contributed by atoms with Gasteiger partial charge in [0.25, 0.3) is 0 Å². The first kappa shape index (κ1) is 28.5. The number of aromatic nitrogens is 1. The number of thioether (sulfide) groups is 1. The van der Waals surface area contributed by atoms with Crippen LogP contribution >= 0.6 is 23.4 Å². The summed E-state index contributed by atoms with van der Waals surface area (Å²) in [4.78, 5) is 18.4. The Morgan fingerprint density at radius 2 is 1.89 bits per heavy atom. The van der Waals surface area contributed by atoms with Gasteiger partial charge < -0.3 is 19.8 Å². The van der Waals surface area contributed by atoms with E-state index in [1.807, 2.05) is 4.90 Å². The molecular formula is C27H28ClF3N2O4S. The fourth-order valence-corrected chi connectivity index (χ4v) is 6.13. The van der Waals surface area contributed by atoms with E-state index in [4.69, 9.17) is 16.3 Å². The summed E-state index contributed by atoms with van der Waals surface area (Å²) in [7, 11) is 1.54. The average Bonchev–Trinajstić information content (AvgIpc) is 2.89. The molecule has 1 saturated heterocycles. The zero-order chi connectivity index (χ0) is 27.4. The van der Waals surface area contributed by atoms with Crippen LogP contribution in [0.15, 0.2) is 41.4 Å². The Labute approximate surface area is 227 Å². The molecule has 0 unspecified atom stereocenters. The van der Waals surface area contributed by atoms with Gasteiger partial charge >= 0.3 is 5.97 Å².